The van der Waals surface area contributed by atoms with Crippen molar-refractivity contribution < 1.29 is 38.1 Å². The van der Waals surface area contributed by atoms with Gasteiger partial charge in [0.15, 0.2) is 0 Å². The van der Waals surface area contributed by atoms with Crippen molar-refractivity contribution in [3.8, 4) is 0 Å². The molecule has 194 valence electrons. The lowest BCUT2D eigenvalue weighted by Crippen LogP contribution is -2.51. The van der Waals surface area contributed by atoms with Gasteiger partial charge in [0.25, 0.3) is 0 Å². The maximum absolute atomic E-state index is 10.8. The molecule has 0 spiro atoms. The summed E-state index contributed by atoms with van der Waals surface area (Å²) in [5.74, 6) is -0.907. The molecule has 0 heterocycles. The topological polar surface area (TPSA) is 105 Å². The molecule has 0 aliphatic carbocycles. The van der Waals surface area contributed by atoms with E-state index in [4.69, 9.17) is 18.9 Å². The molecule has 0 aromatic carbocycles. The zero-order valence-corrected chi connectivity index (χ0v) is 21.3. The highest BCUT2D eigenvalue weighted by Gasteiger charge is 2.43. The van der Waals surface area contributed by atoms with Crippen LogP contribution in [0.25, 0.3) is 0 Å². The van der Waals surface area contributed by atoms with Crippen molar-refractivity contribution in [2.24, 2.45) is 0 Å². The number of methoxy groups -OCH3 is 1. The first kappa shape index (κ1) is 40.4. The number of rotatable bonds is 6. The van der Waals surface area contributed by atoms with E-state index in [0.29, 0.717) is 0 Å². The second-order valence-corrected chi connectivity index (χ2v) is 8.93. The largest absolute Gasteiger partial charge is 0.457 e. The zero-order valence-electron chi connectivity index (χ0n) is 21.3. The molecular weight excluding hydrogens is 416 g/mol. The Morgan fingerprint density at radius 2 is 0.625 bits per heavy atom. The number of ether oxygens (including phenoxy) is 4. The monoisotopic (exact) mass is 466 g/mol. The highest BCUT2D eigenvalue weighted by atomic mass is 16.6. The van der Waals surface area contributed by atoms with E-state index < -0.39 is 34.3 Å². The van der Waals surface area contributed by atoms with Gasteiger partial charge < -0.3 is 23.7 Å². The normalized spacial score (nSPS) is 10.9. The van der Waals surface area contributed by atoms with Crippen LogP contribution in [-0.2, 0) is 38.1 Å². The number of carbonyl (C=O) groups excluding carboxylic acids is 4. The summed E-state index contributed by atoms with van der Waals surface area (Å²) in [6.07, 6.45) is 0. The van der Waals surface area contributed by atoms with Crippen LogP contribution < -0.4 is 0 Å². The Kier molecular flexibility index (Phi) is 19.9. The molecule has 0 atom stereocenters. The summed E-state index contributed by atoms with van der Waals surface area (Å²) in [5.41, 5.74) is -2.76. The van der Waals surface area contributed by atoms with E-state index >= 15 is 0 Å². The lowest BCUT2D eigenvalue weighted by molar-refractivity contribution is -0.196. The quantitative estimate of drug-likeness (QED) is 0.384. The molecule has 0 fully saturated rings. The van der Waals surface area contributed by atoms with Gasteiger partial charge in [-0.05, 0) is 69.2 Å². The van der Waals surface area contributed by atoms with E-state index in [1.165, 1.54) is 34.6 Å². The molecular formula is C24H50O8. The van der Waals surface area contributed by atoms with E-state index in [1.807, 2.05) is 27.7 Å². The second kappa shape index (κ2) is 15.8. The van der Waals surface area contributed by atoms with Crippen molar-refractivity contribution in [1.29, 1.82) is 0 Å². The van der Waals surface area contributed by atoms with E-state index in [0.717, 1.165) is 0 Å². The first-order valence-electron chi connectivity index (χ1n) is 9.65. The highest BCUT2D eigenvalue weighted by Crippen LogP contribution is 2.29. The summed E-state index contributed by atoms with van der Waals surface area (Å²) in [7, 11) is 1.60. The van der Waals surface area contributed by atoms with Crippen LogP contribution in [-0.4, -0.2) is 53.2 Å². The zero-order chi connectivity index (χ0) is 25.1. The van der Waals surface area contributed by atoms with Crippen LogP contribution in [0.4, 0.5) is 0 Å². The maximum atomic E-state index is 10.8. The van der Waals surface area contributed by atoms with Gasteiger partial charge in [0.2, 0.25) is 0 Å². The SMILES string of the molecule is C.C.CC(=O)OC(C)(C)C(C)(C)OC(C)=O.CC(C)=O.COC(C)(C)C(C)(C)OC(C)=O. The number of carbonyl (C=O) groups is 4. The Balaban J connectivity index is -0.000000124. The third-order valence-electron chi connectivity index (χ3n) is 4.61. The molecule has 0 saturated heterocycles. The summed E-state index contributed by atoms with van der Waals surface area (Å²) >= 11 is 0. The van der Waals surface area contributed by atoms with Gasteiger partial charge in [0, 0.05) is 27.9 Å². The van der Waals surface area contributed by atoms with Crippen molar-refractivity contribution in [3.05, 3.63) is 0 Å². The summed E-state index contributed by atoms with van der Waals surface area (Å²) in [5, 5.41) is 0. The molecule has 0 bridgehead atoms. The fourth-order valence-electron chi connectivity index (χ4n) is 1.69. The number of ketones is 1. The number of hydrogen-bond donors (Lipinski definition) is 0. The van der Waals surface area contributed by atoms with Crippen LogP contribution in [0.15, 0.2) is 0 Å². The molecule has 0 N–H and O–H groups in total. The summed E-state index contributed by atoms with van der Waals surface area (Å²) < 4.78 is 20.5. The third kappa shape index (κ3) is 17.7. The van der Waals surface area contributed by atoms with Crippen molar-refractivity contribution in [3.63, 3.8) is 0 Å². The van der Waals surface area contributed by atoms with E-state index in [2.05, 4.69) is 0 Å². The van der Waals surface area contributed by atoms with Crippen molar-refractivity contribution in [2.75, 3.05) is 7.11 Å². The van der Waals surface area contributed by atoms with Crippen LogP contribution in [0.1, 0.15) is 105 Å². The summed E-state index contributed by atoms with van der Waals surface area (Å²) in [6, 6.07) is 0. The molecule has 8 heteroatoms. The fraction of sp³-hybridized carbons (Fsp3) is 0.833. The van der Waals surface area contributed by atoms with Gasteiger partial charge in [-0.3, -0.25) is 14.4 Å². The Bertz CT molecular complexity index is 557. The molecule has 0 amide bonds. The van der Waals surface area contributed by atoms with Crippen LogP contribution in [0, 0.1) is 0 Å². The van der Waals surface area contributed by atoms with Gasteiger partial charge in [-0.15, -0.1) is 0 Å². The molecule has 0 saturated carbocycles. The standard InChI is InChI=1S/C10H18O4.C9H18O3.C3H6O.2CH4/c1-7(11)13-9(3,4)10(5,6)14-8(2)12;1-7(10)12-9(4,5)8(2,3)11-6;1-3(2)4;;/h1-6H3;1-6H3;1-2H3;2*1H4. The van der Waals surface area contributed by atoms with Gasteiger partial charge in [0.1, 0.15) is 28.2 Å². The molecule has 8 nitrogen and oxygen atoms in total. The first-order valence-corrected chi connectivity index (χ1v) is 9.65. The van der Waals surface area contributed by atoms with Crippen LogP contribution in [0.3, 0.4) is 0 Å². The van der Waals surface area contributed by atoms with Crippen LogP contribution in [0.5, 0.6) is 0 Å². The van der Waals surface area contributed by atoms with Crippen LogP contribution in [0.2, 0.25) is 0 Å². The molecule has 0 aliphatic heterocycles. The van der Waals surface area contributed by atoms with Crippen LogP contribution >= 0.6 is 0 Å². The average Bonchev–Trinajstić information content (AvgIpc) is 2.42. The average molecular weight is 467 g/mol. The Labute approximate surface area is 196 Å². The molecule has 0 aromatic rings. The minimum atomic E-state index is -0.843. The molecule has 0 aromatic heterocycles. The molecule has 0 unspecified atom stereocenters. The van der Waals surface area contributed by atoms with Crippen molar-refractivity contribution in [2.45, 2.75) is 127 Å². The van der Waals surface area contributed by atoms with E-state index in [1.54, 1.807) is 34.8 Å². The van der Waals surface area contributed by atoms with Gasteiger partial charge in [-0.2, -0.15) is 0 Å². The number of hydrogen-bond acceptors (Lipinski definition) is 8. The highest BCUT2D eigenvalue weighted by molar-refractivity contribution is 5.72. The Morgan fingerprint density at radius 1 is 0.469 bits per heavy atom. The number of Topliss-reactive ketones (excluding diaryl/α,β-unsaturated/α-hetero) is 1. The predicted molar refractivity (Wildman–Crippen MR) is 128 cm³/mol. The van der Waals surface area contributed by atoms with Gasteiger partial charge >= 0.3 is 17.9 Å². The van der Waals surface area contributed by atoms with Crippen molar-refractivity contribution >= 4 is 23.7 Å². The lowest BCUT2D eigenvalue weighted by Gasteiger charge is -2.39. The second-order valence-electron chi connectivity index (χ2n) is 8.93. The van der Waals surface area contributed by atoms with Crippen molar-refractivity contribution in [1.82, 2.24) is 0 Å². The molecule has 0 radical (unpaired) electrons. The third-order valence-corrected chi connectivity index (χ3v) is 4.61. The smallest absolute Gasteiger partial charge is 0.303 e. The minimum Gasteiger partial charge on any atom is -0.457 e. The summed E-state index contributed by atoms with van der Waals surface area (Å²) in [6.45, 7) is 21.4. The fourth-order valence-corrected chi connectivity index (χ4v) is 1.69. The first-order chi connectivity index (χ1) is 13.0. The molecule has 32 heavy (non-hydrogen) atoms. The molecule has 0 aliphatic rings. The van der Waals surface area contributed by atoms with Gasteiger partial charge in [0.05, 0.1) is 0 Å². The Morgan fingerprint density at radius 3 is 0.750 bits per heavy atom. The maximum Gasteiger partial charge on any atom is 0.303 e. The number of esters is 3. The molecule has 0 rings (SSSR count). The van der Waals surface area contributed by atoms with Gasteiger partial charge in [-0.25, -0.2) is 0 Å². The van der Waals surface area contributed by atoms with E-state index in [-0.39, 0.29) is 26.6 Å². The lowest BCUT2D eigenvalue weighted by atomic mass is 9.89. The van der Waals surface area contributed by atoms with E-state index in [9.17, 15) is 19.2 Å². The predicted octanol–water partition coefficient (Wildman–Crippen LogP) is 5.29. The summed E-state index contributed by atoms with van der Waals surface area (Å²) in [4.78, 5) is 41.8. The Hall–Kier alpha value is -1.96. The minimum absolute atomic E-state index is 0. The van der Waals surface area contributed by atoms with Gasteiger partial charge in [-0.1, -0.05) is 14.9 Å².